The number of aromatic nitrogens is 1. The van der Waals surface area contributed by atoms with Gasteiger partial charge in [0, 0.05) is 0 Å². The fraction of sp³-hybridized carbons (Fsp3) is 0.722. The molecule has 1 fully saturated rings. The van der Waals surface area contributed by atoms with Gasteiger partial charge in [-0.15, -0.1) is 0 Å². The number of methoxy groups -OCH3 is 2. The van der Waals surface area contributed by atoms with E-state index >= 15 is 0 Å². The molecular weight excluding hydrogens is 470 g/mol. The smallest absolute Gasteiger partial charge is 0.376 e. The minimum atomic E-state index is -2.20. The summed E-state index contributed by atoms with van der Waals surface area (Å²) in [5, 5.41) is 79.7. The summed E-state index contributed by atoms with van der Waals surface area (Å²) in [6, 6.07) is 0. The SMILES string of the molecule is COC(=O)c1nc(C(O)[C@@H](O)[C@H](OC2O[C@H](CO)[C@@H](O)[C@H](O)[C@H]2O)[C@H](O)CO)oc1C(=O)OC. The number of carbonyl (C=O) groups excluding carboxylic acids is 2. The zero-order valence-electron chi connectivity index (χ0n) is 18.0. The van der Waals surface area contributed by atoms with E-state index < -0.39 is 97.6 Å². The Hall–Kier alpha value is -2.25. The van der Waals surface area contributed by atoms with E-state index in [1.165, 1.54) is 0 Å². The Balaban J connectivity index is 2.33. The second kappa shape index (κ2) is 11.9. The number of oxazole rings is 1. The molecule has 0 radical (unpaired) electrons. The van der Waals surface area contributed by atoms with E-state index in [0.29, 0.717) is 0 Å². The van der Waals surface area contributed by atoms with Crippen LogP contribution in [-0.2, 0) is 18.9 Å². The van der Waals surface area contributed by atoms with E-state index in [1.54, 1.807) is 0 Å². The van der Waals surface area contributed by atoms with Gasteiger partial charge in [-0.1, -0.05) is 0 Å². The Morgan fingerprint density at radius 2 is 1.62 bits per heavy atom. The number of hydrogen-bond donors (Lipinski definition) is 8. The highest BCUT2D eigenvalue weighted by Crippen LogP contribution is 2.29. The molecule has 2 heterocycles. The highest BCUT2D eigenvalue weighted by Gasteiger charge is 2.47. The number of esters is 2. The van der Waals surface area contributed by atoms with E-state index in [2.05, 4.69) is 14.5 Å². The molecule has 1 aromatic heterocycles. The first-order chi connectivity index (χ1) is 16.0. The number of hydrogen-bond acceptors (Lipinski definition) is 16. The third-order valence-electron chi connectivity index (χ3n) is 5.01. The van der Waals surface area contributed by atoms with Crippen molar-refractivity contribution in [2.24, 2.45) is 0 Å². The first-order valence-electron chi connectivity index (χ1n) is 9.80. The fourth-order valence-corrected chi connectivity index (χ4v) is 3.09. The first-order valence-corrected chi connectivity index (χ1v) is 9.80. The monoisotopic (exact) mass is 497 g/mol. The van der Waals surface area contributed by atoms with Gasteiger partial charge >= 0.3 is 11.9 Å². The molecule has 9 atom stereocenters. The van der Waals surface area contributed by atoms with Crippen molar-refractivity contribution in [3.63, 3.8) is 0 Å². The number of aliphatic hydroxyl groups excluding tert-OH is 8. The molecule has 0 aromatic carbocycles. The van der Waals surface area contributed by atoms with Crippen LogP contribution in [0.4, 0.5) is 0 Å². The average Bonchev–Trinajstić information content (AvgIpc) is 3.30. The molecule has 1 saturated heterocycles. The summed E-state index contributed by atoms with van der Waals surface area (Å²) in [6.45, 7) is -1.83. The molecule has 0 aliphatic carbocycles. The Morgan fingerprint density at radius 1 is 1.00 bits per heavy atom. The third kappa shape index (κ3) is 5.69. The van der Waals surface area contributed by atoms with Crippen molar-refractivity contribution in [1.82, 2.24) is 4.98 Å². The van der Waals surface area contributed by atoms with Gasteiger partial charge in [-0.05, 0) is 0 Å². The van der Waals surface area contributed by atoms with Crippen LogP contribution in [0.25, 0.3) is 0 Å². The zero-order valence-corrected chi connectivity index (χ0v) is 18.0. The van der Waals surface area contributed by atoms with Crippen LogP contribution in [0.15, 0.2) is 4.42 Å². The number of nitrogens with zero attached hydrogens (tertiary/aromatic N) is 1. The van der Waals surface area contributed by atoms with Crippen molar-refractivity contribution in [1.29, 1.82) is 0 Å². The zero-order chi connectivity index (χ0) is 25.7. The van der Waals surface area contributed by atoms with Gasteiger partial charge in [-0.3, -0.25) is 0 Å². The Kier molecular flexibility index (Phi) is 9.83. The topological polar surface area (TPSA) is 259 Å². The van der Waals surface area contributed by atoms with E-state index in [1.807, 2.05) is 0 Å². The maximum Gasteiger partial charge on any atom is 0.376 e. The van der Waals surface area contributed by atoms with Crippen molar-refractivity contribution < 1.29 is 73.8 Å². The molecule has 194 valence electrons. The van der Waals surface area contributed by atoms with E-state index in [-0.39, 0.29) is 0 Å². The highest BCUT2D eigenvalue weighted by atomic mass is 16.7. The van der Waals surface area contributed by atoms with Crippen LogP contribution in [0.5, 0.6) is 0 Å². The molecule has 0 bridgehead atoms. The van der Waals surface area contributed by atoms with Crippen LogP contribution in [0.2, 0.25) is 0 Å². The van der Waals surface area contributed by atoms with Crippen LogP contribution in [-0.4, -0.2) is 134 Å². The molecule has 1 aliphatic heterocycles. The van der Waals surface area contributed by atoms with E-state index in [9.17, 15) is 50.4 Å². The molecule has 16 nitrogen and oxygen atoms in total. The summed E-state index contributed by atoms with van der Waals surface area (Å²) < 4.78 is 24.3. The third-order valence-corrected chi connectivity index (χ3v) is 5.01. The summed E-state index contributed by atoms with van der Waals surface area (Å²) in [7, 11) is 1.95. The van der Waals surface area contributed by atoms with E-state index in [0.717, 1.165) is 14.2 Å². The minimum Gasteiger partial charge on any atom is -0.464 e. The van der Waals surface area contributed by atoms with Crippen LogP contribution in [0, 0.1) is 0 Å². The van der Waals surface area contributed by atoms with Crippen molar-refractivity contribution >= 4 is 11.9 Å². The van der Waals surface area contributed by atoms with Crippen LogP contribution in [0.1, 0.15) is 33.0 Å². The quantitative estimate of drug-likeness (QED) is 0.141. The highest BCUT2D eigenvalue weighted by molar-refractivity contribution is 5.99. The minimum absolute atomic E-state index is 0.690. The molecule has 0 saturated carbocycles. The second-order valence-electron chi connectivity index (χ2n) is 7.20. The summed E-state index contributed by atoms with van der Waals surface area (Å²) >= 11 is 0. The van der Waals surface area contributed by atoms with Gasteiger partial charge in [0.05, 0.1) is 27.4 Å². The van der Waals surface area contributed by atoms with Crippen molar-refractivity contribution in [2.45, 2.75) is 55.1 Å². The lowest BCUT2D eigenvalue weighted by atomic mass is 9.98. The van der Waals surface area contributed by atoms with Crippen molar-refractivity contribution in [2.75, 3.05) is 27.4 Å². The molecular formula is C18H27NO15. The molecule has 2 rings (SSSR count). The lowest BCUT2D eigenvalue weighted by Gasteiger charge is -2.42. The molecule has 8 N–H and O–H groups in total. The summed E-state index contributed by atoms with van der Waals surface area (Å²) in [5.41, 5.74) is -0.690. The first kappa shape index (κ1) is 28.0. The Bertz CT molecular complexity index is 795. The number of aliphatic hydroxyl groups is 8. The summed E-state index contributed by atoms with van der Waals surface area (Å²) in [5.74, 6) is -3.86. The maximum atomic E-state index is 11.9. The van der Waals surface area contributed by atoms with Crippen molar-refractivity contribution in [3.8, 4) is 0 Å². The Morgan fingerprint density at radius 3 is 2.15 bits per heavy atom. The van der Waals surface area contributed by atoms with Gasteiger partial charge in [0.1, 0.15) is 42.7 Å². The summed E-state index contributed by atoms with van der Waals surface area (Å²) in [4.78, 5) is 27.3. The standard InChI is InChI=1S/C18H27NO15/c1-30-16(28)7-14(17(29)31-2)33-15(19-7)11(26)10(25)13(5(22)3-20)34-18-12(27)9(24)8(23)6(4-21)32-18/h5-6,8-13,18,20-27H,3-4H2,1-2H3/t5-,6-,8-,9+,10-,11?,12-,13-,18?/m1/s1. The molecule has 0 amide bonds. The molecule has 34 heavy (non-hydrogen) atoms. The Labute approximate surface area is 191 Å². The average molecular weight is 497 g/mol. The second-order valence-corrected chi connectivity index (χ2v) is 7.20. The molecule has 2 unspecified atom stereocenters. The largest absolute Gasteiger partial charge is 0.464 e. The normalized spacial score (nSPS) is 28.6. The van der Waals surface area contributed by atoms with Gasteiger partial charge in [-0.2, -0.15) is 0 Å². The van der Waals surface area contributed by atoms with Gasteiger partial charge in [0.2, 0.25) is 17.3 Å². The van der Waals surface area contributed by atoms with Crippen LogP contribution < -0.4 is 0 Å². The number of ether oxygens (including phenoxy) is 4. The lowest BCUT2D eigenvalue weighted by molar-refractivity contribution is -0.327. The molecule has 16 heteroatoms. The van der Waals surface area contributed by atoms with Gasteiger partial charge in [0.25, 0.3) is 0 Å². The molecule has 1 aromatic rings. The van der Waals surface area contributed by atoms with E-state index in [4.69, 9.17) is 13.9 Å². The van der Waals surface area contributed by atoms with Gasteiger partial charge in [0.15, 0.2) is 12.4 Å². The molecule has 1 aliphatic rings. The predicted molar refractivity (Wildman–Crippen MR) is 102 cm³/mol. The number of rotatable bonds is 10. The van der Waals surface area contributed by atoms with Crippen molar-refractivity contribution in [3.05, 3.63) is 17.3 Å². The van der Waals surface area contributed by atoms with Crippen LogP contribution in [0.3, 0.4) is 0 Å². The maximum absolute atomic E-state index is 11.9. The van der Waals surface area contributed by atoms with Gasteiger partial charge in [-0.25, -0.2) is 14.6 Å². The van der Waals surface area contributed by atoms with Crippen LogP contribution >= 0.6 is 0 Å². The summed E-state index contributed by atoms with van der Waals surface area (Å²) in [6.07, 6.45) is -17.1. The molecule has 0 spiro atoms. The lowest BCUT2D eigenvalue weighted by Crippen LogP contribution is -2.61. The fourth-order valence-electron chi connectivity index (χ4n) is 3.09. The van der Waals surface area contributed by atoms with Gasteiger partial charge < -0.3 is 64.2 Å². The predicted octanol–water partition coefficient (Wildman–Crippen LogP) is -4.82. The number of carbonyl (C=O) groups is 2.